The molecule has 6 nitrogen and oxygen atoms in total. The van der Waals surface area contributed by atoms with Crippen LogP contribution in [-0.2, 0) is 6.54 Å². The van der Waals surface area contributed by atoms with Gasteiger partial charge in [-0.15, -0.1) is 0 Å². The predicted molar refractivity (Wildman–Crippen MR) is 81.5 cm³/mol. The Labute approximate surface area is 128 Å². The molecule has 2 aromatic carbocycles. The van der Waals surface area contributed by atoms with Crippen LogP contribution in [0, 0.1) is 10.1 Å². The van der Waals surface area contributed by atoms with Gasteiger partial charge in [0.2, 0.25) is 0 Å². The maximum absolute atomic E-state index is 11.1. The molecule has 21 heavy (non-hydrogen) atoms. The normalized spacial score (nSPS) is 10.1. The molecule has 0 aliphatic carbocycles. The van der Waals surface area contributed by atoms with E-state index in [4.69, 9.17) is 5.11 Å². The van der Waals surface area contributed by atoms with Crippen molar-refractivity contribution in [1.29, 1.82) is 0 Å². The molecule has 0 saturated carbocycles. The van der Waals surface area contributed by atoms with Gasteiger partial charge in [-0.1, -0.05) is 28.1 Å². The number of nitro benzene ring substituents is 1. The van der Waals surface area contributed by atoms with Crippen molar-refractivity contribution in [2.24, 2.45) is 0 Å². The number of halogens is 1. The van der Waals surface area contributed by atoms with Crippen LogP contribution in [0.2, 0.25) is 0 Å². The van der Waals surface area contributed by atoms with Gasteiger partial charge >= 0.3 is 5.97 Å². The third kappa shape index (κ3) is 3.79. The highest BCUT2D eigenvalue weighted by Crippen LogP contribution is 2.23. The molecule has 0 amide bonds. The number of hydrogen-bond acceptors (Lipinski definition) is 4. The van der Waals surface area contributed by atoms with Crippen LogP contribution in [0.3, 0.4) is 0 Å². The van der Waals surface area contributed by atoms with E-state index in [0.717, 1.165) is 10.0 Å². The fourth-order valence-corrected chi connectivity index (χ4v) is 2.05. The van der Waals surface area contributed by atoms with Gasteiger partial charge in [-0.2, -0.15) is 0 Å². The maximum Gasteiger partial charge on any atom is 0.342 e. The molecule has 0 spiro atoms. The number of nitrogens with one attached hydrogen (secondary N) is 1. The standard InChI is InChI=1S/C14H11BrN2O4/c15-10-3-1-9(2-4-10)8-16-11-5-6-13(17(20)21)12(7-11)14(18)19/h1-7,16H,8H2,(H,18,19). The molecule has 2 rings (SSSR count). The first-order chi connectivity index (χ1) is 9.97. The summed E-state index contributed by atoms with van der Waals surface area (Å²) >= 11 is 3.34. The fraction of sp³-hybridized carbons (Fsp3) is 0.0714. The number of aromatic carboxylic acids is 1. The average Bonchev–Trinajstić information content (AvgIpc) is 2.46. The van der Waals surface area contributed by atoms with E-state index in [1.165, 1.54) is 18.2 Å². The summed E-state index contributed by atoms with van der Waals surface area (Å²) in [5.74, 6) is -1.33. The van der Waals surface area contributed by atoms with E-state index in [0.29, 0.717) is 12.2 Å². The largest absolute Gasteiger partial charge is 0.477 e. The maximum atomic E-state index is 11.1. The Bertz CT molecular complexity index is 686. The smallest absolute Gasteiger partial charge is 0.342 e. The van der Waals surface area contributed by atoms with Crippen LogP contribution in [0.5, 0.6) is 0 Å². The Morgan fingerprint density at radius 3 is 2.48 bits per heavy atom. The highest BCUT2D eigenvalue weighted by molar-refractivity contribution is 9.10. The SMILES string of the molecule is O=C(O)c1cc(NCc2ccc(Br)cc2)ccc1[N+](=O)[O-]. The van der Waals surface area contributed by atoms with Crippen LogP contribution in [0.15, 0.2) is 46.9 Å². The van der Waals surface area contributed by atoms with Gasteiger partial charge in [-0.05, 0) is 29.8 Å². The van der Waals surface area contributed by atoms with Crippen molar-refractivity contribution in [3.05, 3.63) is 68.2 Å². The molecule has 0 fully saturated rings. The van der Waals surface area contributed by atoms with Crippen molar-refractivity contribution >= 4 is 33.3 Å². The van der Waals surface area contributed by atoms with Crippen LogP contribution < -0.4 is 5.32 Å². The van der Waals surface area contributed by atoms with Crippen LogP contribution in [0.4, 0.5) is 11.4 Å². The average molecular weight is 351 g/mol. The van der Waals surface area contributed by atoms with Crippen molar-refractivity contribution in [3.8, 4) is 0 Å². The van der Waals surface area contributed by atoms with E-state index in [-0.39, 0.29) is 5.56 Å². The Kier molecular flexibility index (Phi) is 4.54. The van der Waals surface area contributed by atoms with E-state index >= 15 is 0 Å². The number of nitrogens with zero attached hydrogens (tertiary/aromatic N) is 1. The molecular weight excluding hydrogens is 340 g/mol. The molecule has 0 saturated heterocycles. The Morgan fingerprint density at radius 1 is 1.24 bits per heavy atom. The van der Waals surface area contributed by atoms with Crippen molar-refractivity contribution in [1.82, 2.24) is 0 Å². The van der Waals surface area contributed by atoms with Crippen LogP contribution in [0.1, 0.15) is 15.9 Å². The number of nitro groups is 1. The molecule has 0 aliphatic rings. The Hall–Kier alpha value is -2.41. The zero-order chi connectivity index (χ0) is 15.4. The summed E-state index contributed by atoms with van der Waals surface area (Å²) in [7, 11) is 0. The highest BCUT2D eigenvalue weighted by Gasteiger charge is 2.19. The van der Waals surface area contributed by atoms with Crippen LogP contribution >= 0.6 is 15.9 Å². The van der Waals surface area contributed by atoms with Crippen molar-refractivity contribution < 1.29 is 14.8 Å². The van der Waals surface area contributed by atoms with Gasteiger partial charge in [0.15, 0.2) is 0 Å². The molecule has 0 aliphatic heterocycles. The molecule has 0 heterocycles. The molecule has 0 bridgehead atoms. The van der Waals surface area contributed by atoms with E-state index in [1.54, 1.807) is 0 Å². The molecule has 7 heteroatoms. The van der Waals surface area contributed by atoms with E-state index < -0.39 is 16.6 Å². The van der Waals surface area contributed by atoms with Crippen molar-refractivity contribution in [2.75, 3.05) is 5.32 Å². The van der Waals surface area contributed by atoms with Gasteiger partial charge < -0.3 is 10.4 Å². The monoisotopic (exact) mass is 350 g/mol. The second-order valence-electron chi connectivity index (χ2n) is 4.27. The van der Waals surface area contributed by atoms with Gasteiger partial charge in [0, 0.05) is 22.8 Å². The van der Waals surface area contributed by atoms with E-state index in [2.05, 4.69) is 21.2 Å². The number of rotatable bonds is 5. The summed E-state index contributed by atoms with van der Waals surface area (Å²) in [6, 6.07) is 11.6. The molecule has 0 atom stereocenters. The molecule has 108 valence electrons. The van der Waals surface area contributed by atoms with Gasteiger partial charge in [0.05, 0.1) is 4.92 Å². The minimum Gasteiger partial charge on any atom is -0.477 e. The van der Waals surface area contributed by atoms with E-state index in [1.807, 2.05) is 24.3 Å². The summed E-state index contributed by atoms with van der Waals surface area (Å²) in [5.41, 5.74) is 0.770. The number of anilines is 1. The van der Waals surface area contributed by atoms with E-state index in [9.17, 15) is 14.9 Å². The summed E-state index contributed by atoms with van der Waals surface area (Å²) in [6.45, 7) is 0.490. The topological polar surface area (TPSA) is 92.5 Å². The molecule has 0 radical (unpaired) electrons. The predicted octanol–water partition coefficient (Wildman–Crippen LogP) is 3.67. The van der Waals surface area contributed by atoms with Crippen LogP contribution in [-0.4, -0.2) is 16.0 Å². The summed E-state index contributed by atoms with van der Waals surface area (Å²) in [6.07, 6.45) is 0. The van der Waals surface area contributed by atoms with Gasteiger partial charge in [0.1, 0.15) is 5.56 Å². The minimum absolute atomic E-state index is 0.333. The summed E-state index contributed by atoms with van der Waals surface area (Å²) in [4.78, 5) is 21.1. The number of carboxylic acid groups (broad SMARTS) is 1. The Balaban J connectivity index is 2.17. The molecule has 0 aromatic heterocycles. The zero-order valence-corrected chi connectivity index (χ0v) is 12.3. The number of benzene rings is 2. The minimum atomic E-state index is -1.33. The lowest BCUT2D eigenvalue weighted by atomic mass is 10.1. The Morgan fingerprint density at radius 2 is 1.90 bits per heavy atom. The number of carbonyl (C=O) groups is 1. The molecule has 0 unspecified atom stereocenters. The quantitative estimate of drug-likeness (QED) is 0.633. The fourth-order valence-electron chi connectivity index (χ4n) is 1.78. The van der Waals surface area contributed by atoms with Gasteiger partial charge in [0.25, 0.3) is 5.69 Å². The first kappa shape index (κ1) is 15.0. The lowest BCUT2D eigenvalue weighted by Crippen LogP contribution is -2.05. The summed E-state index contributed by atoms with van der Waals surface area (Å²) in [5, 5.41) is 22.8. The zero-order valence-electron chi connectivity index (χ0n) is 10.7. The summed E-state index contributed by atoms with van der Waals surface area (Å²) < 4.78 is 0.967. The third-order valence-electron chi connectivity index (χ3n) is 2.83. The van der Waals surface area contributed by atoms with Crippen LogP contribution in [0.25, 0.3) is 0 Å². The van der Waals surface area contributed by atoms with Crippen molar-refractivity contribution in [2.45, 2.75) is 6.54 Å². The third-order valence-corrected chi connectivity index (χ3v) is 3.36. The molecular formula is C14H11BrN2O4. The van der Waals surface area contributed by atoms with Gasteiger partial charge in [-0.3, -0.25) is 10.1 Å². The van der Waals surface area contributed by atoms with Crippen molar-refractivity contribution in [3.63, 3.8) is 0 Å². The molecule has 2 aromatic rings. The second-order valence-corrected chi connectivity index (χ2v) is 5.19. The lowest BCUT2D eigenvalue weighted by molar-refractivity contribution is -0.385. The lowest BCUT2D eigenvalue weighted by Gasteiger charge is -2.08. The molecule has 2 N–H and O–H groups in total. The van der Waals surface area contributed by atoms with Gasteiger partial charge in [-0.25, -0.2) is 4.79 Å². The number of hydrogen-bond donors (Lipinski definition) is 2. The highest BCUT2D eigenvalue weighted by atomic mass is 79.9. The second kappa shape index (κ2) is 6.36. The number of carboxylic acids is 1. The first-order valence-corrected chi connectivity index (χ1v) is 6.76. The first-order valence-electron chi connectivity index (χ1n) is 5.97.